The van der Waals surface area contributed by atoms with E-state index in [1.54, 1.807) is 6.92 Å². The number of anilines is 1. The molecular weight excluding hydrogens is 450 g/mol. The molecule has 0 saturated heterocycles. The number of para-hydroxylation sites is 1. The minimum atomic E-state index is -0.633. The maximum atomic E-state index is 12.7. The van der Waals surface area contributed by atoms with Gasteiger partial charge in [-0.25, -0.2) is 9.78 Å². The average molecular weight is 471 g/mol. The second-order valence-electron chi connectivity index (χ2n) is 7.52. The molecular formula is C25H21N5O5. The number of carbonyl (C=O) groups is 2. The van der Waals surface area contributed by atoms with Crippen LogP contribution in [0.4, 0.5) is 11.5 Å². The summed E-state index contributed by atoms with van der Waals surface area (Å²) in [5, 5.41) is 18.8. The minimum Gasteiger partial charge on any atom is -0.462 e. The van der Waals surface area contributed by atoms with Gasteiger partial charge in [-0.15, -0.1) is 0 Å². The summed E-state index contributed by atoms with van der Waals surface area (Å²) in [7, 11) is 0. The molecule has 2 aromatic heterocycles. The van der Waals surface area contributed by atoms with Crippen LogP contribution < -0.4 is 5.32 Å². The Labute approximate surface area is 200 Å². The minimum absolute atomic E-state index is 0.0484. The van der Waals surface area contributed by atoms with Gasteiger partial charge in [0.15, 0.2) is 11.6 Å². The van der Waals surface area contributed by atoms with Crippen molar-refractivity contribution in [1.29, 1.82) is 0 Å². The molecule has 0 radical (unpaired) electrons. The number of nitro benzene ring substituents is 1. The van der Waals surface area contributed by atoms with E-state index in [4.69, 9.17) is 4.74 Å². The number of nitrogens with zero attached hydrogens (tertiary/aromatic N) is 4. The number of non-ortho nitro benzene ring substituents is 1. The molecule has 10 nitrogen and oxygen atoms in total. The summed E-state index contributed by atoms with van der Waals surface area (Å²) >= 11 is 0. The number of aromatic nitrogens is 3. The third-order valence-electron chi connectivity index (χ3n) is 5.16. The Balaban J connectivity index is 1.67. The summed E-state index contributed by atoms with van der Waals surface area (Å²) < 4.78 is 6.49. The number of benzene rings is 2. The highest BCUT2D eigenvalue weighted by molar-refractivity contribution is 6.05. The third-order valence-corrected chi connectivity index (χ3v) is 5.16. The van der Waals surface area contributed by atoms with Crippen LogP contribution in [0, 0.1) is 17.0 Å². The molecule has 0 bridgehead atoms. The summed E-state index contributed by atoms with van der Waals surface area (Å²) in [4.78, 5) is 40.2. The van der Waals surface area contributed by atoms with E-state index in [0.717, 1.165) is 16.5 Å². The van der Waals surface area contributed by atoms with Crippen molar-refractivity contribution in [2.24, 2.45) is 0 Å². The predicted molar refractivity (Wildman–Crippen MR) is 130 cm³/mol. The third kappa shape index (κ3) is 5.06. The van der Waals surface area contributed by atoms with Gasteiger partial charge in [-0.2, -0.15) is 9.78 Å². The number of amides is 1. The first-order valence-corrected chi connectivity index (χ1v) is 10.7. The molecule has 1 amide bonds. The molecule has 0 atom stereocenters. The zero-order valence-corrected chi connectivity index (χ0v) is 19.0. The number of nitrogens with one attached hydrogen (secondary N) is 1. The Bertz CT molecular complexity index is 1460. The van der Waals surface area contributed by atoms with Crippen LogP contribution in [0.1, 0.15) is 28.4 Å². The molecule has 176 valence electrons. The highest BCUT2D eigenvalue weighted by atomic mass is 16.6. The van der Waals surface area contributed by atoms with Gasteiger partial charge in [0.2, 0.25) is 5.91 Å². The van der Waals surface area contributed by atoms with Crippen LogP contribution in [0.2, 0.25) is 0 Å². The largest absolute Gasteiger partial charge is 0.462 e. The maximum absolute atomic E-state index is 12.7. The average Bonchev–Trinajstić information content (AvgIpc) is 3.26. The highest BCUT2D eigenvalue weighted by Gasteiger charge is 2.22. The summed E-state index contributed by atoms with van der Waals surface area (Å²) in [6.45, 7) is 3.78. The lowest BCUT2D eigenvalue weighted by atomic mass is 10.1. The van der Waals surface area contributed by atoms with Gasteiger partial charge in [0.25, 0.3) is 5.69 Å². The molecule has 1 N–H and O–H groups in total. The monoisotopic (exact) mass is 471 g/mol. The van der Waals surface area contributed by atoms with Crippen LogP contribution in [0.25, 0.3) is 22.8 Å². The number of nitro groups is 1. The molecule has 0 aliphatic heterocycles. The number of fused-ring (bicyclic) bond motifs is 1. The summed E-state index contributed by atoms with van der Waals surface area (Å²) in [5.74, 6) is -0.630. The molecule has 0 saturated carbocycles. The van der Waals surface area contributed by atoms with E-state index < -0.39 is 16.8 Å². The maximum Gasteiger partial charge on any atom is 0.343 e. The first-order chi connectivity index (χ1) is 16.9. The molecule has 35 heavy (non-hydrogen) atoms. The Morgan fingerprint density at radius 1 is 1.17 bits per heavy atom. The number of aryl methyl sites for hydroxylation is 1. The summed E-state index contributed by atoms with van der Waals surface area (Å²) in [6.07, 6.45) is 4.08. The fourth-order valence-corrected chi connectivity index (χ4v) is 3.48. The highest BCUT2D eigenvalue weighted by Crippen LogP contribution is 2.24. The van der Waals surface area contributed by atoms with E-state index >= 15 is 0 Å². The Morgan fingerprint density at radius 2 is 1.91 bits per heavy atom. The van der Waals surface area contributed by atoms with E-state index in [1.165, 1.54) is 47.3 Å². The quantitative estimate of drug-likeness (QED) is 0.182. The lowest BCUT2D eigenvalue weighted by Gasteiger charge is -2.11. The van der Waals surface area contributed by atoms with Gasteiger partial charge < -0.3 is 10.1 Å². The molecule has 10 heteroatoms. The van der Waals surface area contributed by atoms with Crippen LogP contribution in [-0.4, -0.2) is 38.2 Å². The SMILES string of the molecule is CCOC(=O)c1cnn(-c2cc(C)c3ccccc3n2)c1NC(=O)/C=C/c1ccc([N+](=O)[O-])cc1. The second kappa shape index (κ2) is 9.96. The van der Waals surface area contributed by atoms with Crippen molar-refractivity contribution in [1.82, 2.24) is 14.8 Å². The van der Waals surface area contributed by atoms with Crippen LogP contribution in [0.5, 0.6) is 0 Å². The van der Waals surface area contributed by atoms with E-state index in [0.29, 0.717) is 11.4 Å². The van der Waals surface area contributed by atoms with Crippen molar-refractivity contribution in [2.75, 3.05) is 11.9 Å². The molecule has 2 aromatic carbocycles. The second-order valence-corrected chi connectivity index (χ2v) is 7.52. The summed E-state index contributed by atoms with van der Waals surface area (Å²) in [5.41, 5.74) is 2.32. The Morgan fingerprint density at radius 3 is 2.63 bits per heavy atom. The van der Waals surface area contributed by atoms with Crippen LogP contribution >= 0.6 is 0 Å². The molecule has 0 spiro atoms. The smallest absolute Gasteiger partial charge is 0.343 e. The molecule has 4 aromatic rings. The first kappa shape index (κ1) is 23.3. The zero-order valence-electron chi connectivity index (χ0n) is 19.0. The summed E-state index contributed by atoms with van der Waals surface area (Å²) in [6, 6.07) is 15.2. The fraction of sp³-hybridized carbons (Fsp3) is 0.120. The number of pyridine rings is 1. The fourth-order valence-electron chi connectivity index (χ4n) is 3.48. The molecule has 0 aliphatic rings. The topological polar surface area (TPSA) is 129 Å². The zero-order chi connectivity index (χ0) is 24.9. The van der Waals surface area contributed by atoms with Crippen LogP contribution in [-0.2, 0) is 9.53 Å². The van der Waals surface area contributed by atoms with E-state index in [9.17, 15) is 19.7 Å². The number of hydrogen-bond acceptors (Lipinski definition) is 7. The van der Waals surface area contributed by atoms with Gasteiger partial charge >= 0.3 is 5.97 Å². The first-order valence-electron chi connectivity index (χ1n) is 10.7. The van der Waals surface area contributed by atoms with E-state index in [-0.39, 0.29) is 23.7 Å². The number of esters is 1. The standard InChI is InChI=1S/C25H21N5O5/c1-3-35-25(32)20-15-26-29(22-14-16(2)19-6-4-5-7-21(19)27-22)24(20)28-23(31)13-10-17-8-11-18(12-9-17)30(33)34/h4-15H,3H2,1-2H3,(H,28,31)/b13-10+. The number of carbonyl (C=O) groups excluding carboxylic acids is 2. The Kier molecular flexibility index (Phi) is 6.63. The van der Waals surface area contributed by atoms with E-state index in [1.807, 2.05) is 37.3 Å². The van der Waals surface area contributed by atoms with Crippen molar-refractivity contribution in [3.63, 3.8) is 0 Å². The van der Waals surface area contributed by atoms with Crippen molar-refractivity contribution in [3.05, 3.63) is 93.7 Å². The number of hydrogen-bond donors (Lipinski definition) is 1. The molecule has 0 unspecified atom stereocenters. The number of rotatable bonds is 7. The van der Waals surface area contributed by atoms with Crippen molar-refractivity contribution in [2.45, 2.75) is 13.8 Å². The van der Waals surface area contributed by atoms with Gasteiger partial charge in [0, 0.05) is 23.6 Å². The van der Waals surface area contributed by atoms with Crippen molar-refractivity contribution < 1.29 is 19.2 Å². The number of ether oxygens (including phenoxy) is 1. The van der Waals surface area contributed by atoms with Gasteiger partial charge in [-0.3, -0.25) is 14.9 Å². The lowest BCUT2D eigenvalue weighted by Crippen LogP contribution is -2.16. The van der Waals surface area contributed by atoms with Gasteiger partial charge in [0.05, 0.1) is 23.2 Å². The van der Waals surface area contributed by atoms with Crippen LogP contribution in [0.3, 0.4) is 0 Å². The van der Waals surface area contributed by atoms with Crippen molar-refractivity contribution >= 4 is 40.4 Å². The molecule has 0 aliphatic carbocycles. The molecule has 4 rings (SSSR count). The van der Waals surface area contributed by atoms with Gasteiger partial charge in [-0.05, 0) is 55.3 Å². The van der Waals surface area contributed by atoms with Gasteiger partial charge in [0.1, 0.15) is 5.56 Å². The molecule has 0 fully saturated rings. The molecule has 2 heterocycles. The van der Waals surface area contributed by atoms with Crippen molar-refractivity contribution in [3.8, 4) is 5.82 Å². The van der Waals surface area contributed by atoms with Crippen LogP contribution in [0.15, 0.2) is 66.9 Å². The normalized spacial score (nSPS) is 11.0. The Hall–Kier alpha value is -4.86. The van der Waals surface area contributed by atoms with Gasteiger partial charge in [-0.1, -0.05) is 18.2 Å². The predicted octanol–water partition coefficient (Wildman–Crippen LogP) is 4.47. The van der Waals surface area contributed by atoms with E-state index in [2.05, 4.69) is 15.4 Å². The lowest BCUT2D eigenvalue weighted by molar-refractivity contribution is -0.384.